The molecule has 0 bridgehead atoms. The lowest BCUT2D eigenvalue weighted by Crippen LogP contribution is -2.41. The van der Waals surface area contributed by atoms with Crippen LogP contribution in [0.15, 0.2) is 40.1 Å². The maximum Gasteiger partial charge on any atom is 0.345 e. The van der Waals surface area contributed by atoms with Crippen LogP contribution in [0.4, 0.5) is 0 Å². The number of aryl methyl sites for hydroxylation is 2. The SMILES string of the molecule is CN=C(NCCCn1nc2n(c1=O)CCCC2)N(C)CCOc1ccccc1. The summed E-state index contributed by atoms with van der Waals surface area (Å²) < 4.78 is 9.15. The maximum atomic E-state index is 12.3. The van der Waals surface area contributed by atoms with Gasteiger partial charge in [-0.2, -0.15) is 5.10 Å². The Kier molecular flexibility index (Phi) is 7.11. The van der Waals surface area contributed by atoms with E-state index in [1.807, 2.05) is 46.8 Å². The fourth-order valence-electron chi connectivity index (χ4n) is 3.33. The summed E-state index contributed by atoms with van der Waals surface area (Å²) in [5.74, 6) is 2.61. The Morgan fingerprint density at radius 1 is 1.32 bits per heavy atom. The molecule has 0 saturated carbocycles. The van der Waals surface area contributed by atoms with Crippen molar-refractivity contribution in [3.63, 3.8) is 0 Å². The van der Waals surface area contributed by atoms with Gasteiger partial charge in [0.25, 0.3) is 0 Å². The molecule has 152 valence electrons. The van der Waals surface area contributed by atoms with Crippen LogP contribution in [0.3, 0.4) is 0 Å². The molecule has 8 nitrogen and oxygen atoms in total. The van der Waals surface area contributed by atoms with Gasteiger partial charge in [0.2, 0.25) is 0 Å². The van der Waals surface area contributed by atoms with E-state index in [1.54, 1.807) is 11.7 Å². The third-order valence-electron chi connectivity index (χ3n) is 4.87. The van der Waals surface area contributed by atoms with E-state index in [0.717, 1.165) is 62.9 Å². The number of fused-ring (bicyclic) bond motifs is 1. The number of likely N-dealkylation sites (N-methyl/N-ethyl adjacent to an activating group) is 1. The summed E-state index contributed by atoms with van der Waals surface area (Å²) in [6.45, 7) is 3.45. The number of rotatable bonds is 8. The average molecular weight is 387 g/mol. The number of nitrogens with zero attached hydrogens (tertiary/aromatic N) is 5. The molecule has 0 atom stereocenters. The van der Waals surface area contributed by atoms with Gasteiger partial charge >= 0.3 is 5.69 Å². The first-order valence-electron chi connectivity index (χ1n) is 9.95. The molecule has 0 spiro atoms. The van der Waals surface area contributed by atoms with E-state index in [4.69, 9.17) is 4.74 Å². The van der Waals surface area contributed by atoms with Crippen LogP contribution in [0.1, 0.15) is 25.1 Å². The quantitative estimate of drug-likeness (QED) is 0.421. The Labute approximate surface area is 165 Å². The number of ether oxygens (including phenoxy) is 1. The number of benzene rings is 1. The minimum absolute atomic E-state index is 0.0225. The van der Waals surface area contributed by atoms with Gasteiger partial charge in [-0.05, 0) is 31.4 Å². The summed E-state index contributed by atoms with van der Waals surface area (Å²) in [7, 11) is 3.75. The predicted octanol–water partition coefficient (Wildman–Crippen LogP) is 1.36. The second-order valence-corrected chi connectivity index (χ2v) is 6.94. The molecule has 1 aliphatic rings. The zero-order chi connectivity index (χ0) is 19.8. The second-order valence-electron chi connectivity index (χ2n) is 6.94. The first kappa shape index (κ1) is 20.0. The number of aliphatic imine (C=N–C) groups is 1. The molecular weight excluding hydrogens is 356 g/mol. The van der Waals surface area contributed by atoms with Gasteiger partial charge < -0.3 is 15.0 Å². The Bertz CT molecular complexity index is 827. The van der Waals surface area contributed by atoms with E-state index in [2.05, 4.69) is 15.4 Å². The molecule has 1 N–H and O–H groups in total. The molecule has 0 fully saturated rings. The molecular formula is C20H30N6O2. The summed E-state index contributed by atoms with van der Waals surface area (Å²) in [5.41, 5.74) is 0.0225. The first-order valence-corrected chi connectivity index (χ1v) is 9.95. The molecule has 3 rings (SSSR count). The van der Waals surface area contributed by atoms with Crippen LogP contribution < -0.4 is 15.7 Å². The lowest BCUT2D eigenvalue weighted by Gasteiger charge is -2.22. The van der Waals surface area contributed by atoms with E-state index in [9.17, 15) is 4.79 Å². The molecule has 2 aromatic rings. The molecule has 0 aliphatic carbocycles. The summed E-state index contributed by atoms with van der Waals surface area (Å²) in [6.07, 6.45) is 3.90. The third-order valence-corrected chi connectivity index (χ3v) is 4.87. The van der Waals surface area contributed by atoms with Crippen LogP contribution in [0.2, 0.25) is 0 Å². The summed E-state index contributed by atoms with van der Waals surface area (Å²) >= 11 is 0. The molecule has 1 aromatic carbocycles. The highest BCUT2D eigenvalue weighted by atomic mass is 16.5. The first-order chi connectivity index (χ1) is 13.7. The summed E-state index contributed by atoms with van der Waals surface area (Å²) in [4.78, 5) is 18.7. The van der Waals surface area contributed by atoms with Crippen molar-refractivity contribution >= 4 is 5.96 Å². The van der Waals surface area contributed by atoms with Crippen molar-refractivity contribution < 1.29 is 4.74 Å². The van der Waals surface area contributed by atoms with Crippen molar-refractivity contribution in [3.8, 4) is 5.75 Å². The van der Waals surface area contributed by atoms with Crippen LogP contribution in [-0.4, -0.2) is 59.0 Å². The van der Waals surface area contributed by atoms with Gasteiger partial charge in [0, 0.05) is 40.2 Å². The van der Waals surface area contributed by atoms with Crippen LogP contribution in [0.25, 0.3) is 0 Å². The van der Waals surface area contributed by atoms with Crippen molar-refractivity contribution in [2.75, 3.05) is 33.8 Å². The van der Waals surface area contributed by atoms with Crippen LogP contribution in [0, 0.1) is 0 Å². The Morgan fingerprint density at radius 2 is 2.14 bits per heavy atom. The molecule has 28 heavy (non-hydrogen) atoms. The highest BCUT2D eigenvalue weighted by Crippen LogP contribution is 2.09. The smallest absolute Gasteiger partial charge is 0.345 e. The zero-order valence-corrected chi connectivity index (χ0v) is 16.8. The fraction of sp³-hybridized carbons (Fsp3) is 0.550. The number of aromatic nitrogens is 3. The van der Waals surface area contributed by atoms with Crippen LogP contribution in [0.5, 0.6) is 5.75 Å². The number of hydrogen-bond acceptors (Lipinski definition) is 4. The number of guanidine groups is 1. The topological polar surface area (TPSA) is 76.7 Å². The van der Waals surface area contributed by atoms with Crippen molar-refractivity contribution in [2.45, 2.75) is 38.8 Å². The van der Waals surface area contributed by atoms with E-state index in [-0.39, 0.29) is 5.69 Å². The lowest BCUT2D eigenvalue weighted by molar-refractivity contribution is 0.281. The van der Waals surface area contributed by atoms with E-state index in [1.165, 1.54) is 0 Å². The predicted molar refractivity (Wildman–Crippen MR) is 110 cm³/mol. The maximum absolute atomic E-state index is 12.3. The van der Waals surface area contributed by atoms with Crippen molar-refractivity contribution in [2.24, 2.45) is 4.99 Å². The largest absolute Gasteiger partial charge is 0.492 e. The minimum atomic E-state index is 0.0225. The molecule has 0 unspecified atom stereocenters. The molecule has 0 radical (unpaired) electrons. The van der Waals surface area contributed by atoms with Gasteiger partial charge in [0.05, 0.1) is 6.54 Å². The molecule has 2 heterocycles. The zero-order valence-electron chi connectivity index (χ0n) is 16.8. The van der Waals surface area contributed by atoms with Crippen molar-refractivity contribution in [1.29, 1.82) is 0 Å². The van der Waals surface area contributed by atoms with Gasteiger partial charge in [-0.25, -0.2) is 9.48 Å². The van der Waals surface area contributed by atoms with Gasteiger partial charge in [-0.1, -0.05) is 18.2 Å². The van der Waals surface area contributed by atoms with E-state index in [0.29, 0.717) is 13.2 Å². The van der Waals surface area contributed by atoms with Crippen LogP contribution in [-0.2, 0) is 19.5 Å². The molecule has 1 aromatic heterocycles. The van der Waals surface area contributed by atoms with Gasteiger partial charge in [-0.15, -0.1) is 0 Å². The Balaban J connectivity index is 1.39. The highest BCUT2D eigenvalue weighted by molar-refractivity contribution is 5.79. The number of hydrogen-bond donors (Lipinski definition) is 1. The fourth-order valence-corrected chi connectivity index (χ4v) is 3.33. The summed E-state index contributed by atoms with van der Waals surface area (Å²) in [6, 6.07) is 9.78. The minimum Gasteiger partial charge on any atom is -0.492 e. The summed E-state index contributed by atoms with van der Waals surface area (Å²) in [5, 5.41) is 7.81. The molecule has 1 aliphatic heterocycles. The lowest BCUT2D eigenvalue weighted by atomic mass is 10.2. The van der Waals surface area contributed by atoms with Gasteiger partial charge in [-0.3, -0.25) is 9.56 Å². The monoisotopic (exact) mass is 386 g/mol. The number of para-hydroxylation sites is 1. The second kappa shape index (κ2) is 9.96. The van der Waals surface area contributed by atoms with Gasteiger partial charge in [0.1, 0.15) is 18.2 Å². The standard InChI is InChI=1S/C20H30N6O2/c1-21-19(24(2)15-16-28-17-9-4-3-5-10-17)22-12-8-14-26-20(27)25-13-7-6-11-18(25)23-26/h3-5,9-10H,6-8,11-16H2,1-2H3,(H,21,22). The Morgan fingerprint density at radius 3 is 2.89 bits per heavy atom. The number of nitrogens with one attached hydrogen (secondary N) is 1. The normalized spacial score (nSPS) is 13.9. The van der Waals surface area contributed by atoms with Crippen molar-refractivity contribution in [1.82, 2.24) is 24.6 Å². The molecule has 0 saturated heterocycles. The average Bonchev–Trinajstić information content (AvgIpc) is 3.04. The van der Waals surface area contributed by atoms with Crippen molar-refractivity contribution in [3.05, 3.63) is 46.6 Å². The van der Waals surface area contributed by atoms with E-state index < -0.39 is 0 Å². The third kappa shape index (κ3) is 5.15. The molecule has 0 amide bonds. The van der Waals surface area contributed by atoms with E-state index >= 15 is 0 Å². The Hall–Kier alpha value is -2.77. The highest BCUT2D eigenvalue weighted by Gasteiger charge is 2.16. The van der Waals surface area contributed by atoms with Gasteiger partial charge in [0.15, 0.2) is 5.96 Å². The van der Waals surface area contributed by atoms with Crippen LogP contribution >= 0.6 is 0 Å². The molecule has 8 heteroatoms.